The molecule has 2 N–H and O–H groups in total. The summed E-state index contributed by atoms with van der Waals surface area (Å²) < 4.78 is 11.5. The third-order valence-electron chi connectivity index (χ3n) is 6.10. The molecule has 6 heteroatoms. The number of hydrogen-bond acceptors (Lipinski definition) is 6. The van der Waals surface area contributed by atoms with Crippen molar-refractivity contribution in [1.82, 2.24) is 10.2 Å². The van der Waals surface area contributed by atoms with Crippen LogP contribution in [0, 0.1) is 16.7 Å². The molecule has 0 bridgehead atoms. The van der Waals surface area contributed by atoms with Gasteiger partial charge in [0.1, 0.15) is 0 Å². The molecule has 6 nitrogen and oxygen atoms in total. The van der Waals surface area contributed by atoms with Gasteiger partial charge in [-0.05, 0) is 59.2 Å². The minimum absolute atomic E-state index is 0.0281. The Morgan fingerprint density at radius 2 is 1.69 bits per heavy atom. The third-order valence-corrected chi connectivity index (χ3v) is 6.10. The van der Waals surface area contributed by atoms with E-state index in [2.05, 4.69) is 44.5 Å². The first kappa shape index (κ1) is 24.1. The van der Waals surface area contributed by atoms with Crippen LogP contribution < -0.4 is 0 Å². The van der Waals surface area contributed by atoms with Crippen LogP contribution in [-0.2, 0) is 10.2 Å². The summed E-state index contributed by atoms with van der Waals surface area (Å²) in [5.74, 6) is 0.996. The molecule has 35 heavy (non-hydrogen) atoms. The predicted octanol–water partition coefficient (Wildman–Crippen LogP) is 6.94. The van der Waals surface area contributed by atoms with Gasteiger partial charge in [-0.2, -0.15) is 0 Å². The topological polar surface area (TPSA) is 95.9 Å². The van der Waals surface area contributed by atoms with Crippen LogP contribution in [0.15, 0.2) is 83.3 Å². The summed E-state index contributed by atoms with van der Waals surface area (Å²) in [6.45, 7) is 12.4. The maximum Gasteiger partial charge on any atom is 0.248 e. The molecule has 0 radical (unpaired) electrons. The van der Waals surface area contributed by atoms with E-state index in [9.17, 15) is 0 Å². The number of nitrogens with one attached hydrogen (secondary N) is 2. The van der Waals surface area contributed by atoms with Crippen LogP contribution in [0.4, 0.5) is 0 Å². The van der Waals surface area contributed by atoms with E-state index in [1.165, 1.54) is 11.1 Å². The van der Waals surface area contributed by atoms with Crippen molar-refractivity contribution < 1.29 is 9.15 Å². The smallest absolute Gasteiger partial charge is 0.248 e. The van der Waals surface area contributed by atoms with Gasteiger partial charge < -0.3 is 9.15 Å². The number of hydrogen-bond donors (Lipinski definition) is 2. The molecule has 1 aromatic heterocycles. The summed E-state index contributed by atoms with van der Waals surface area (Å²) in [5, 5.41) is 25.1. The highest BCUT2D eigenvalue weighted by atomic mass is 16.5. The van der Waals surface area contributed by atoms with E-state index in [4.69, 9.17) is 20.0 Å². The number of ether oxygens (including phenoxy) is 1. The number of rotatable bonds is 5. The molecule has 1 heterocycles. The lowest BCUT2D eigenvalue weighted by atomic mass is 9.87. The summed E-state index contributed by atoms with van der Waals surface area (Å²) in [7, 11) is 0. The van der Waals surface area contributed by atoms with Gasteiger partial charge in [0.2, 0.25) is 23.6 Å². The van der Waals surface area contributed by atoms with Crippen molar-refractivity contribution in [3.63, 3.8) is 0 Å². The van der Waals surface area contributed by atoms with Gasteiger partial charge in [0.05, 0.1) is 0 Å². The van der Waals surface area contributed by atoms with Crippen molar-refractivity contribution in [2.75, 3.05) is 0 Å². The molecule has 0 spiro atoms. The molecule has 4 rings (SSSR count). The lowest BCUT2D eigenvalue weighted by Gasteiger charge is -2.19. The average molecular weight is 467 g/mol. The lowest BCUT2D eigenvalue weighted by Crippen LogP contribution is -2.14. The largest absolute Gasteiger partial charge is 0.421 e. The van der Waals surface area contributed by atoms with E-state index in [1.807, 2.05) is 48.6 Å². The van der Waals surface area contributed by atoms with Gasteiger partial charge in [0.15, 0.2) is 0 Å². The second-order valence-electron chi connectivity index (χ2n) is 9.75. The molecule has 0 aliphatic heterocycles. The van der Waals surface area contributed by atoms with Crippen LogP contribution in [-0.4, -0.2) is 22.0 Å². The number of aromatic nitrogens is 2. The van der Waals surface area contributed by atoms with Crippen molar-refractivity contribution in [2.24, 2.45) is 5.92 Å². The molecule has 178 valence electrons. The Hall–Kier alpha value is -4.06. The average Bonchev–Trinajstić information content (AvgIpc) is 3.34. The van der Waals surface area contributed by atoms with Gasteiger partial charge in [-0.25, -0.2) is 0 Å². The molecule has 0 saturated heterocycles. The summed E-state index contributed by atoms with van der Waals surface area (Å²) in [6.07, 6.45) is 6.70. The van der Waals surface area contributed by atoms with Crippen molar-refractivity contribution in [3.8, 4) is 11.5 Å². The SMILES string of the molecule is C=CC1=CC=C(c2nnc(-c3cccc(C(=N)OC(=N)c4ccc(C(C)(C)C)cc4)c3)o2)CC1C. The van der Waals surface area contributed by atoms with Gasteiger partial charge in [-0.1, -0.05) is 70.7 Å². The molecule has 0 amide bonds. The Kier molecular flexibility index (Phi) is 6.65. The highest BCUT2D eigenvalue weighted by Gasteiger charge is 2.20. The molecule has 1 aliphatic rings. The summed E-state index contributed by atoms with van der Waals surface area (Å²) in [5.41, 5.74) is 5.19. The highest BCUT2D eigenvalue weighted by molar-refractivity contribution is 6.05. The Labute approximate surface area is 206 Å². The maximum absolute atomic E-state index is 8.38. The fourth-order valence-corrected chi connectivity index (χ4v) is 3.91. The van der Waals surface area contributed by atoms with Gasteiger partial charge in [-0.15, -0.1) is 10.2 Å². The van der Waals surface area contributed by atoms with E-state index >= 15 is 0 Å². The highest BCUT2D eigenvalue weighted by Crippen LogP contribution is 2.32. The van der Waals surface area contributed by atoms with Crippen LogP contribution in [0.25, 0.3) is 17.0 Å². The van der Waals surface area contributed by atoms with Crippen LogP contribution >= 0.6 is 0 Å². The van der Waals surface area contributed by atoms with Gasteiger partial charge >= 0.3 is 0 Å². The van der Waals surface area contributed by atoms with Crippen molar-refractivity contribution in [1.29, 1.82) is 10.8 Å². The first-order valence-electron chi connectivity index (χ1n) is 11.6. The summed E-state index contributed by atoms with van der Waals surface area (Å²) in [4.78, 5) is 0. The van der Waals surface area contributed by atoms with Crippen molar-refractivity contribution in [3.05, 3.63) is 101 Å². The van der Waals surface area contributed by atoms with Crippen LogP contribution in [0.1, 0.15) is 56.7 Å². The van der Waals surface area contributed by atoms with Crippen LogP contribution in [0.2, 0.25) is 0 Å². The fraction of sp³-hybridized carbons (Fsp3) is 0.241. The van der Waals surface area contributed by atoms with Crippen molar-refractivity contribution in [2.45, 2.75) is 39.5 Å². The zero-order valence-corrected chi connectivity index (χ0v) is 20.6. The molecule has 0 fully saturated rings. The predicted molar refractivity (Wildman–Crippen MR) is 140 cm³/mol. The Morgan fingerprint density at radius 1 is 1.00 bits per heavy atom. The van der Waals surface area contributed by atoms with E-state index in [0.29, 0.717) is 34.4 Å². The molecular weight excluding hydrogens is 436 g/mol. The molecule has 2 aromatic carbocycles. The van der Waals surface area contributed by atoms with Crippen LogP contribution in [0.5, 0.6) is 0 Å². The quantitative estimate of drug-likeness (QED) is 0.314. The molecule has 0 saturated carbocycles. The summed E-state index contributed by atoms with van der Waals surface area (Å²) in [6, 6.07) is 14.8. The third kappa shape index (κ3) is 5.38. The first-order valence-corrected chi connectivity index (χ1v) is 11.6. The second-order valence-corrected chi connectivity index (χ2v) is 9.75. The van der Waals surface area contributed by atoms with Crippen molar-refractivity contribution >= 4 is 17.4 Å². The van der Waals surface area contributed by atoms with Gasteiger partial charge in [0.25, 0.3) is 0 Å². The molecule has 3 aromatic rings. The van der Waals surface area contributed by atoms with Crippen LogP contribution in [0.3, 0.4) is 0 Å². The number of nitrogens with zero attached hydrogens (tertiary/aromatic N) is 2. The Balaban J connectivity index is 1.48. The normalized spacial score (nSPS) is 15.7. The van der Waals surface area contributed by atoms with E-state index < -0.39 is 0 Å². The standard InChI is InChI=1S/C29H30N4O2/c1-6-19-10-11-23(16-18(19)2)28-33-32-27(35-28)22-9-7-8-21(17-22)26(31)34-25(30)20-12-14-24(15-13-20)29(3,4)5/h6-15,17-18,30-31H,1,16H2,2-5H3. The zero-order chi connectivity index (χ0) is 25.2. The second kappa shape index (κ2) is 9.66. The van der Waals surface area contributed by atoms with E-state index in [-0.39, 0.29) is 17.2 Å². The molecular formula is C29H30N4O2. The van der Waals surface area contributed by atoms with E-state index in [0.717, 1.165) is 12.0 Å². The number of allylic oxidation sites excluding steroid dienone is 5. The van der Waals surface area contributed by atoms with E-state index in [1.54, 1.807) is 18.2 Å². The monoisotopic (exact) mass is 466 g/mol. The van der Waals surface area contributed by atoms with Gasteiger partial charge in [0, 0.05) is 22.3 Å². The minimum Gasteiger partial charge on any atom is -0.421 e. The Morgan fingerprint density at radius 3 is 2.34 bits per heavy atom. The lowest BCUT2D eigenvalue weighted by molar-refractivity contribution is 0.537. The Bertz CT molecular complexity index is 1340. The molecule has 1 unspecified atom stereocenters. The molecule has 1 aliphatic carbocycles. The number of benzene rings is 2. The maximum atomic E-state index is 8.38. The minimum atomic E-state index is -0.123. The molecule has 1 atom stereocenters. The zero-order valence-electron chi connectivity index (χ0n) is 20.6. The van der Waals surface area contributed by atoms with Gasteiger partial charge in [-0.3, -0.25) is 10.8 Å². The fourth-order valence-electron chi connectivity index (χ4n) is 3.91. The summed E-state index contributed by atoms with van der Waals surface area (Å²) >= 11 is 0. The first-order chi connectivity index (χ1) is 16.7.